The van der Waals surface area contributed by atoms with Crippen LogP contribution in [0.5, 0.6) is 0 Å². The Kier molecular flexibility index (Phi) is 7.27. The maximum atomic E-state index is 13.3. The first-order chi connectivity index (χ1) is 16.4. The minimum absolute atomic E-state index is 0.000807. The van der Waals surface area contributed by atoms with Gasteiger partial charge in [0.25, 0.3) is 0 Å². The molecule has 0 aliphatic carbocycles. The largest absolute Gasteiger partial charge is 0.481 e. The fraction of sp³-hybridized carbons (Fsp3) is 0.280. The third-order valence-electron chi connectivity index (χ3n) is 5.87. The number of carboxylic acids is 1. The van der Waals surface area contributed by atoms with Gasteiger partial charge in [-0.25, -0.2) is 4.98 Å². The van der Waals surface area contributed by atoms with Crippen molar-refractivity contribution in [1.29, 1.82) is 0 Å². The van der Waals surface area contributed by atoms with Crippen LogP contribution in [0.3, 0.4) is 0 Å². The molecule has 1 aliphatic rings. The minimum atomic E-state index is -0.999. The molecule has 1 atom stereocenters. The smallest absolute Gasteiger partial charge is 0.305 e. The normalized spacial score (nSPS) is 15.0. The molecule has 1 unspecified atom stereocenters. The molecule has 2 heterocycles. The molecule has 3 aromatic rings. The van der Waals surface area contributed by atoms with Crippen molar-refractivity contribution < 1.29 is 19.5 Å². The third kappa shape index (κ3) is 5.46. The summed E-state index contributed by atoms with van der Waals surface area (Å²) in [5, 5.41) is 12.2. The van der Waals surface area contributed by atoms with Crippen molar-refractivity contribution in [3.05, 3.63) is 88.5 Å². The zero-order valence-electron chi connectivity index (χ0n) is 18.5. The number of aromatic nitrogens is 2. The molecular formula is C25H25ClN4O4. The predicted molar refractivity (Wildman–Crippen MR) is 126 cm³/mol. The lowest BCUT2D eigenvalue weighted by Gasteiger charge is -2.35. The van der Waals surface area contributed by atoms with Crippen LogP contribution in [0.25, 0.3) is 0 Å². The summed E-state index contributed by atoms with van der Waals surface area (Å²) < 4.78 is 1.96. The second-order valence-electron chi connectivity index (χ2n) is 8.20. The maximum Gasteiger partial charge on any atom is 0.305 e. The van der Waals surface area contributed by atoms with Gasteiger partial charge in [-0.1, -0.05) is 60.1 Å². The molecule has 1 aliphatic heterocycles. The predicted octanol–water partition coefficient (Wildman–Crippen LogP) is 2.67. The number of imidazole rings is 1. The van der Waals surface area contributed by atoms with Crippen LogP contribution in [0.15, 0.2) is 60.9 Å². The number of fused-ring (bicyclic) bond motifs is 1. The van der Waals surface area contributed by atoms with Gasteiger partial charge in [-0.05, 0) is 17.2 Å². The summed E-state index contributed by atoms with van der Waals surface area (Å²) in [6.45, 7) is 0.722. The summed E-state index contributed by atoms with van der Waals surface area (Å²) in [5.41, 5.74) is 3.39. The number of nitrogens with one attached hydrogen (secondary N) is 1. The summed E-state index contributed by atoms with van der Waals surface area (Å²) in [6, 6.07) is 16.1. The number of aliphatic carboxylic acids is 1. The lowest BCUT2D eigenvalue weighted by Crippen LogP contribution is -2.53. The van der Waals surface area contributed by atoms with Gasteiger partial charge in [-0.15, -0.1) is 0 Å². The van der Waals surface area contributed by atoms with Gasteiger partial charge in [-0.3, -0.25) is 14.4 Å². The molecule has 0 bridgehead atoms. The Morgan fingerprint density at radius 3 is 2.56 bits per heavy atom. The first-order valence-electron chi connectivity index (χ1n) is 11.0. The van der Waals surface area contributed by atoms with Crippen molar-refractivity contribution >= 4 is 29.4 Å². The lowest BCUT2D eigenvalue weighted by atomic mass is 10.00. The molecule has 0 radical (unpaired) electrons. The number of benzene rings is 2. The highest BCUT2D eigenvalue weighted by molar-refractivity contribution is 6.31. The fourth-order valence-electron chi connectivity index (χ4n) is 4.09. The van der Waals surface area contributed by atoms with Gasteiger partial charge in [0.15, 0.2) is 0 Å². The second-order valence-corrected chi connectivity index (χ2v) is 8.60. The van der Waals surface area contributed by atoms with Crippen LogP contribution < -0.4 is 5.32 Å². The number of halogens is 1. The van der Waals surface area contributed by atoms with Crippen molar-refractivity contribution in [2.24, 2.45) is 0 Å². The zero-order valence-corrected chi connectivity index (χ0v) is 19.2. The Balaban J connectivity index is 1.58. The molecule has 2 aromatic carbocycles. The summed E-state index contributed by atoms with van der Waals surface area (Å²) in [5.74, 6) is -1.56. The molecule has 0 saturated heterocycles. The van der Waals surface area contributed by atoms with E-state index in [1.807, 2.05) is 59.2 Å². The summed E-state index contributed by atoms with van der Waals surface area (Å²) in [7, 11) is 0. The molecule has 34 heavy (non-hydrogen) atoms. The highest BCUT2D eigenvalue weighted by Crippen LogP contribution is 2.26. The molecule has 0 spiro atoms. The Hall–Kier alpha value is -3.65. The SMILES string of the molecule is O=C(O)CCNC(=O)C1Cc2ncn(Cc3ccccc3Cl)c2CN1C(=O)Cc1ccccc1. The van der Waals surface area contributed by atoms with Crippen LogP contribution in [0.2, 0.25) is 5.02 Å². The van der Waals surface area contributed by atoms with E-state index < -0.39 is 12.0 Å². The molecule has 0 fully saturated rings. The van der Waals surface area contributed by atoms with Gasteiger partial charge in [0.1, 0.15) is 6.04 Å². The Labute approximate surface area is 202 Å². The van der Waals surface area contributed by atoms with Crippen LogP contribution in [0, 0.1) is 0 Å². The number of carboxylic acid groups (broad SMARTS) is 1. The van der Waals surface area contributed by atoms with E-state index >= 15 is 0 Å². The summed E-state index contributed by atoms with van der Waals surface area (Å²) in [4.78, 5) is 43.2. The van der Waals surface area contributed by atoms with E-state index in [0.717, 1.165) is 22.5 Å². The van der Waals surface area contributed by atoms with E-state index in [4.69, 9.17) is 16.7 Å². The van der Waals surface area contributed by atoms with Crippen LogP contribution in [-0.2, 0) is 40.3 Å². The average Bonchev–Trinajstić information content (AvgIpc) is 3.21. The Morgan fingerprint density at radius 2 is 1.82 bits per heavy atom. The molecule has 0 saturated carbocycles. The first kappa shape index (κ1) is 23.5. The highest BCUT2D eigenvalue weighted by Gasteiger charge is 2.36. The first-order valence-corrected chi connectivity index (χ1v) is 11.4. The van der Waals surface area contributed by atoms with Crippen LogP contribution in [0.4, 0.5) is 0 Å². The third-order valence-corrected chi connectivity index (χ3v) is 6.24. The van der Waals surface area contributed by atoms with Gasteiger partial charge >= 0.3 is 5.97 Å². The van der Waals surface area contributed by atoms with Crippen LogP contribution in [0.1, 0.15) is 28.9 Å². The standard InChI is InChI=1S/C25H25ClN4O4/c26-19-9-5-4-8-18(19)14-29-16-28-20-13-21(25(34)27-11-10-24(32)33)30(15-22(20)29)23(31)12-17-6-2-1-3-7-17/h1-9,16,21H,10-15H2,(H,27,34)(H,32,33). The van der Waals surface area contributed by atoms with Crippen LogP contribution in [-0.4, -0.2) is 49.9 Å². The average molecular weight is 481 g/mol. The Bertz CT molecular complexity index is 1190. The lowest BCUT2D eigenvalue weighted by molar-refractivity contribution is -0.142. The van der Waals surface area contributed by atoms with Gasteiger partial charge in [-0.2, -0.15) is 0 Å². The quantitative estimate of drug-likeness (QED) is 0.515. The van der Waals surface area contributed by atoms with Crippen molar-refractivity contribution in [1.82, 2.24) is 19.8 Å². The fourth-order valence-corrected chi connectivity index (χ4v) is 4.29. The van der Waals surface area contributed by atoms with E-state index in [1.165, 1.54) is 0 Å². The molecule has 4 rings (SSSR count). The summed E-state index contributed by atoms with van der Waals surface area (Å²) >= 11 is 6.34. The molecule has 8 nitrogen and oxygen atoms in total. The van der Waals surface area contributed by atoms with Crippen molar-refractivity contribution in [2.45, 2.75) is 38.4 Å². The summed E-state index contributed by atoms with van der Waals surface area (Å²) in [6.07, 6.45) is 1.94. The number of carbonyl (C=O) groups excluding carboxylic acids is 2. The topological polar surface area (TPSA) is 105 Å². The van der Waals surface area contributed by atoms with E-state index in [-0.39, 0.29) is 44.2 Å². The minimum Gasteiger partial charge on any atom is -0.481 e. The molecule has 1 aromatic heterocycles. The molecule has 2 amide bonds. The molecule has 176 valence electrons. The van der Waals surface area contributed by atoms with E-state index in [0.29, 0.717) is 11.6 Å². The van der Waals surface area contributed by atoms with Crippen molar-refractivity contribution in [2.75, 3.05) is 6.54 Å². The van der Waals surface area contributed by atoms with Gasteiger partial charge in [0.2, 0.25) is 11.8 Å². The number of hydrogen-bond acceptors (Lipinski definition) is 4. The number of rotatable bonds is 8. The van der Waals surface area contributed by atoms with E-state index in [1.54, 1.807) is 11.2 Å². The molecule has 9 heteroatoms. The van der Waals surface area contributed by atoms with Gasteiger partial charge < -0.3 is 19.9 Å². The number of nitrogens with zero attached hydrogens (tertiary/aromatic N) is 3. The number of hydrogen-bond donors (Lipinski definition) is 2. The second kappa shape index (κ2) is 10.5. The number of amides is 2. The van der Waals surface area contributed by atoms with E-state index in [9.17, 15) is 14.4 Å². The van der Waals surface area contributed by atoms with Crippen molar-refractivity contribution in [3.8, 4) is 0 Å². The number of carbonyl (C=O) groups is 3. The van der Waals surface area contributed by atoms with E-state index in [2.05, 4.69) is 10.3 Å². The van der Waals surface area contributed by atoms with Crippen LogP contribution >= 0.6 is 11.6 Å². The van der Waals surface area contributed by atoms with Crippen molar-refractivity contribution in [3.63, 3.8) is 0 Å². The van der Waals surface area contributed by atoms with Gasteiger partial charge in [0, 0.05) is 18.0 Å². The zero-order chi connectivity index (χ0) is 24.1. The Morgan fingerprint density at radius 1 is 1.09 bits per heavy atom. The highest BCUT2D eigenvalue weighted by atomic mass is 35.5. The molecule has 2 N–H and O–H groups in total. The monoisotopic (exact) mass is 480 g/mol. The molecular weight excluding hydrogens is 456 g/mol. The maximum absolute atomic E-state index is 13.3. The van der Waals surface area contributed by atoms with Gasteiger partial charge in [0.05, 0.1) is 43.6 Å².